The van der Waals surface area contributed by atoms with Crippen molar-refractivity contribution < 1.29 is 15.0 Å². The van der Waals surface area contributed by atoms with Crippen LogP contribution in [0.4, 0.5) is 0 Å². The Bertz CT molecular complexity index is 608. The topological polar surface area (TPSA) is 57.5 Å². The molecule has 2 N–H and O–H groups in total. The predicted octanol–water partition coefficient (Wildman–Crippen LogP) is 3.25. The molecule has 0 saturated heterocycles. The number of fused-ring (bicyclic) bond motifs is 5. The van der Waals surface area contributed by atoms with Crippen LogP contribution in [0.3, 0.4) is 0 Å². The maximum atomic E-state index is 12.5. The lowest BCUT2D eigenvalue weighted by Crippen LogP contribution is -2.44. The maximum absolute atomic E-state index is 12.5. The number of phenolic OH excluding ortho intramolecular Hbond substituents is 1. The summed E-state index contributed by atoms with van der Waals surface area (Å²) in [5, 5.41) is 20.0. The molecule has 1 aromatic rings. The smallest absolute Gasteiger partial charge is 0.163 e. The van der Waals surface area contributed by atoms with E-state index in [-0.39, 0.29) is 23.1 Å². The van der Waals surface area contributed by atoms with Gasteiger partial charge in [-0.3, -0.25) is 4.79 Å². The SMILES string of the molecule is C[C@]12CC[C@@H]3c4ccc(O)cc4C(=O)C[C@@H]3[C@@H]1CC[C@@H]2O. The van der Waals surface area contributed by atoms with Crippen molar-refractivity contribution >= 4 is 5.78 Å². The molecule has 0 bridgehead atoms. The van der Waals surface area contributed by atoms with E-state index in [0.29, 0.717) is 24.2 Å². The molecule has 21 heavy (non-hydrogen) atoms. The van der Waals surface area contributed by atoms with Gasteiger partial charge in [0.2, 0.25) is 0 Å². The van der Waals surface area contributed by atoms with Gasteiger partial charge in [-0.15, -0.1) is 0 Å². The number of hydrogen-bond donors (Lipinski definition) is 2. The van der Waals surface area contributed by atoms with Gasteiger partial charge in [0, 0.05) is 12.0 Å². The highest BCUT2D eigenvalue weighted by Gasteiger charge is 2.55. The number of carbonyl (C=O) groups is 1. The van der Waals surface area contributed by atoms with E-state index >= 15 is 0 Å². The Morgan fingerprint density at radius 1 is 1.24 bits per heavy atom. The Morgan fingerprint density at radius 3 is 2.86 bits per heavy atom. The van der Waals surface area contributed by atoms with Gasteiger partial charge in [-0.25, -0.2) is 0 Å². The molecule has 0 amide bonds. The van der Waals surface area contributed by atoms with Crippen molar-refractivity contribution in [1.29, 1.82) is 0 Å². The Hall–Kier alpha value is -1.35. The average molecular weight is 286 g/mol. The molecule has 0 radical (unpaired) electrons. The highest BCUT2D eigenvalue weighted by Crippen LogP contribution is 2.60. The third kappa shape index (κ3) is 1.73. The van der Waals surface area contributed by atoms with Crippen LogP contribution in [-0.2, 0) is 0 Å². The van der Waals surface area contributed by atoms with Gasteiger partial charge in [0.25, 0.3) is 0 Å². The molecule has 4 rings (SSSR count). The molecular weight excluding hydrogens is 264 g/mol. The zero-order chi connectivity index (χ0) is 14.8. The van der Waals surface area contributed by atoms with Crippen LogP contribution < -0.4 is 0 Å². The molecule has 2 saturated carbocycles. The van der Waals surface area contributed by atoms with Gasteiger partial charge in [0.05, 0.1) is 6.10 Å². The van der Waals surface area contributed by atoms with Crippen molar-refractivity contribution in [3.8, 4) is 5.75 Å². The van der Waals surface area contributed by atoms with E-state index in [1.54, 1.807) is 12.1 Å². The summed E-state index contributed by atoms with van der Waals surface area (Å²) in [6.07, 6.45) is 4.36. The van der Waals surface area contributed by atoms with E-state index in [1.165, 1.54) is 0 Å². The minimum absolute atomic E-state index is 0.00410. The molecule has 0 heterocycles. The third-order valence-electron chi connectivity index (χ3n) is 6.54. The molecule has 5 atom stereocenters. The third-order valence-corrected chi connectivity index (χ3v) is 6.54. The number of ketones is 1. The first-order valence-electron chi connectivity index (χ1n) is 8.05. The minimum atomic E-state index is -0.209. The number of carbonyl (C=O) groups excluding carboxylic acids is 1. The zero-order valence-corrected chi connectivity index (χ0v) is 12.4. The van der Waals surface area contributed by atoms with Crippen molar-refractivity contribution in [3.05, 3.63) is 29.3 Å². The van der Waals surface area contributed by atoms with Crippen molar-refractivity contribution in [2.75, 3.05) is 0 Å². The van der Waals surface area contributed by atoms with Crippen LogP contribution in [0.5, 0.6) is 5.75 Å². The van der Waals surface area contributed by atoms with Gasteiger partial charge in [-0.2, -0.15) is 0 Å². The number of aliphatic hydroxyl groups excluding tert-OH is 1. The minimum Gasteiger partial charge on any atom is -0.508 e. The molecule has 3 nitrogen and oxygen atoms in total. The molecule has 1 aromatic carbocycles. The van der Waals surface area contributed by atoms with Crippen LogP contribution in [0.25, 0.3) is 0 Å². The summed E-state index contributed by atoms with van der Waals surface area (Å²) < 4.78 is 0. The first kappa shape index (κ1) is 13.3. The van der Waals surface area contributed by atoms with Crippen LogP contribution in [0.15, 0.2) is 18.2 Å². The largest absolute Gasteiger partial charge is 0.508 e. The number of Topliss-reactive ketones (excluding diaryl/α,β-unsaturated/α-hetero) is 1. The highest BCUT2D eigenvalue weighted by atomic mass is 16.3. The van der Waals surface area contributed by atoms with E-state index < -0.39 is 0 Å². The second-order valence-electron chi connectivity index (χ2n) is 7.41. The van der Waals surface area contributed by atoms with Crippen molar-refractivity contribution in [2.24, 2.45) is 17.3 Å². The first-order valence-corrected chi connectivity index (χ1v) is 8.05. The van der Waals surface area contributed by atoms with Crippen LogP contribution in [0, 0.1) is 17.3 Å². The lowest BCUT2D eigenvalue weighted by molar-refractivity contribution is -0.0208. The van der Waals surface area contributed by atoms with E-state index in [1.807, 2.05) is 6.07 Å². The molecule has 2 fully saturated rings. The summed E-state index contributed by atoms with van der Waals surface area (Å²) in [5.41, 5.74) is 1.84. The summed E-state index contributed by atoms with van der Waals surface area (Å²) in [6.45, 7) is 2.21. The number of benzene rings is 1. The summed E-state index contributed by atoms with van der Waals surface area (Å²) in [6, 6.07) is 5.27. The second kappa shape index (κ2) is 4.33. The van der Waals surface area contributed by atoms with Crippen LogP contribution >= 0.6 is 0 Å². The van der Waals surface area contributed by atoms with Gasteiger partial charge in [-0.1, -0.05) is 13.0 Å². The standard InChI is InChI=1S/C18H22O3/c1-18-7-6-12-11-3-2-10(19)8-14(11)16(20)9-13(12)15(18)4-5-17(18)21/h2-3,8,12-13,15,17,19,21H,4-7,9H2,1H3/t12-,13+,15+,17+,18+/m1/s1. The number of hydrogen-bond acceptors (Lipinski definition) is 3. The van der Waals surface area contributed by atoms with Gasteiger partial charge in [-0.05, 0) is 66.5 Å². The Morgan fingerprint density at radius 2 is 2.05 bits per heavy atom. The van der Waals surface area contributed by atoms with Gasteiger partial charge in [0.1, 0.15) is 5.75 Å². The average Bonchev–Trinajstić information content (AvgIpc) is 2.76. The summed E-state index contributed by atoms with van der Waals surface area (Å²) in [4.78, 5) is 12.5. The van der Waals surface area contributed by atoms with Crippen molar-refractivity contribution in [1.82, 2.24) is 0 Å². The fraction of sp³-hybridized carbons (Fsp3) is 0.611. The number of rotatable bonds is 0. The van der Waals surface area contributed by atoms with Gasteiger partial charge in [0.15, 0.2) is 5.78 Å². The van der Waals surface area contributed by atoms with Gasteiger partial charge < -0.3 is 10.2 Å². The monoisotopic (exact) mass is 286 g/mol. The molecule has 0 aromatic heterocycles. The van der Waals surface area contributed by atoms with E-state index in [0.717, 1.165) is 36.8 Å². The first-order chi connectivity index (χ1) is 10.0. The van der Waals surface area contributed by atoms with E-state index in [2.05, 4.69) is 6.92 Å². The molecule has 112 valence electrons. The molecule has 0 unspecified atom stereocenters. The van der Waals surface area contributed by atoms with E-state index in [4.69, 9.17) is 0 Å². The number of aromatic hydroxyl groups is 1. The maximum Gasteiger partial charge on any atom is 0.163 e. The Balaban J connectivity index is 1.77. The number of aliphatic hydroxyl groups is 1. The number of phenols is 1. The highest BCUT2D eigenvalue weighted by molar-refractivity contribution is 5.99. The Kier molecular flexibility index (Phi) is 2.74. The molecular formula is C18H22O3. The lowest BCUT2D eigenvalue weighted by Gasteiger charge is -2.49. The van der Waals surface area contributed by atoms with E-state index in [9.17, 15) is 15.0 Å². The normalized spacial score (nSPS) is 41.3. The molecule has 3 aliphatic rings. The van der Waals surface area contributed by atoms with Crippen LogP contribution in [-0.4, -0.2) is 22.1 Å². The summed E-state index contributed by atoms with van der Waals surface area (Å²) >= 11 is 0. The Labute approximate surface area is 125 Å². The fourth-order valence-electron chi connectivity index (χ4n) is 5.36. The van der Waals surface area contributed by atoms with Crippen molar-refractivity contribution in [2.45, 2.75) is 51.0 Å². The fourth-order valence-corrected chi connectivity index (χ4v) is 5.36. The zero-order valence-electron chi connectivity index (χ0n) is 12.4. The predicted molar refractivity (Wildman–Crippen MR) is 79.4 cm³/mol. The molecule has 0 spiro atoms. The summed E-state index contributed by atoms with van der Waals surface area (Å²) in [5.74, 6) is 1.58. The van der Waals surface area contributed by atoms with Crippen LogP contribution in [0.2, 0.25) is 0 Å². The van der Waals surface area contributed by atoms with Crippen LogP contribution in [0.1, 0.15) is 60.9 Å². The lowest BCUT2D eigenvalue weighted by atomic mass is 9.55. The quantitative estimate of drug-likeness (QED) is 0.769. The van der Waals surface area contributed by atoms with Gasteiger partial charge >= 0.3 is 0 Å². The van der Waals surface area contributed by atoms with Crippen molar-refractivity contribution in [3.63, 3.8) is 0 Å². The molecule has 0 aliphatic heterocycles. The second-order valence-corrected chi connectivity index (χ2v) is 7.41. The molecule has 3 aliphatic carbocycles. The molecule has 3 heteroatoms. The summed E-state index contributed by atoms with van der Waals surface area (Å²) in [7, 11) is 0.